The van der Waals surface area contributed by atoms with Crippen LogP contribution in [0.15, 0.2) is 12.3 Å². The van der Waals surface area contributed by atoms with Crippen LogP contribution in [-0.2, 0) is 4.74 Å². The molecule has 0 spiro atoms. The van der Waals surface area contributed by atoms with E-state index in [4.69, 9.17) is 4.74 Å². The number of aromatic amines is 1. The molecule has 2 bridgehead atoms. The largest absolute Gasteiger partial charge is 0.457 e. The van der Waals surface area contributed by atoms with Crippen LogP contribution < -0.4 is 0 Å². The molecule has 2 saturated carbocycles. The van der Waals surface area contributed by atoms with Crippen molar-refractivity contribution in [2.45, 2.75) is 53.1 Å². The molecule has 21 heavy (non-hydrogen) atoms. The van der Waals surface area contributed by atoms with Gasteiger partial charge in [-0.2, -0.15) is 0 Å². The van der Waals surface area contributed by atoms with Gasteiger partial charge in [-0.3, -0.25) is 4.79 Å². The van der Waals surface area contributed by atoms with Gasteiger partial charge in [-0.05, 0) is 43.6 Å². The molecule has 1 aromatic heterocycles. The van der Waals surface area contributed by atoms with Crippen molar-refractivity contribution < 1.29 is 14.3 Å². The number of esters is 1. The first kappa shape index (κ1) is 14.4. The van der Waals surface area contributed by atoms with Crippen molar-refractivity contribution in [2.75, 3.05) is 0 Å². The van der Waals surface area contributed by atoms with Crippen LogP contribution in [0.2, 0.25) is 0 Å². The zero-order valence-electron chi connectivity index (χ0n) is 13.2. The summed E-state index contributed by atoms with van der Waals surface area (Å²) in [7, 11) is 0. The number of fused-ring (bicyclic) bond motifs is 2. The van der Waals surface area contributed by atoms with Crippen molar-refractivity contribution in [1.82, 2.24) is 4.98 Å². The highest BCUT2D eigenvalue weighted by molar-refractivity contribution is 5.97. The Kier molecular flexibility index (Phi) is 3.05. The maximum Gasteiger partial charge on any atom is 0.355 e. The zero-order chi connectivity index (χ0) is 15.4. The highest BCUT2D eigenvalue weighted by Crippen LogP contribution is 2.66. The Morgan fingerprint density at radius 1 is 1.33 bits per heavy atom. The van der Waals surface area contributed by atoms with Gasteiger partial charge in [0, 0.05) is 17.2 Å². The molecule has 114 valence electrons. The van der Waals surface area contributed by atoms with Crippen LogP contribution >= 0.6 is 0 Å². The molecule has 0 amide bonds. The Morgan fingerprint density at radius 2 is 2.05 bits per heavy atom. The summed E-state index contributed by atoms with van der Waals surface area (Å²) in [5.41, 5.74) is 1.16. The van der Waals surface area contributed by atoms with Gasteiger partial charge in [-0.1, -0.05) is 20.8 Å². The standard InChI is InChI=1S/C17H23NO3/c1-10(19)11-7-13(18-9-11)15(20)21-14-8-12-5-6-17(14,4)16(12,2)3/h7,9,12,14,18H,5-6,8H2,1-4H3. The summed E-state index contributed by atoms with van der Waals surface area (Å²) in [6, 6.07) is 1.57. The lowest BCUT2D eigenvalue weighted by Crippen LogP contribution is -2.38. The van der Waals surface area contributed by atoms with Gasteiger partial charge in [-0.15, -0.1) is 0 Å². The van der Waals surface area contributed by atoms with Crippen molar-refractivity contribution in [1.29, 1.82) is 0 Å². The summed E-state index contributed by atoms with van der Waals surface area (Å²) in [5, 5.41) is 0. The minimum atomic E-state index is -0.350. The SMILES string of the molecule is CC(=O)c1c[nH]c(C(=O)OC2CC3CCC2(C)C3(C)C)c1. The molecule has 0 saturated heterocycles. The lowest BCUT2D eigenvalue weighted by atomic mass is 9.70. The van der Waals surface area contributed by atoms with E-state index in [1.54, 1.807) is 12.3 Å². The van der Waals surface area contributed by atoms with E-state index >= 15 is 0 Å². The first-order chi connectivity index (χ1) is 9.75. The summed E-state index contributed by atoms with van der Waals surface area (Å²) in [6.07, 6.45) is 4.84. The predicted octanol–water partition coefficient (Wildman–Crippen LogP) is 3.59. The second kappa shape index (κ2) is 4.46. The van der Waals surface area contributed by atoms with E-state index in [0.29, 0.717) is 17.2 Å². The highest BCUT2D eigenvalue weighted by Gasteiger charge is 2.62. The van der Waals surface area contributed by atoms with Gasteiger partial charge in [0.25, 0.3) is 0 Å². The van der Waals surface area contributed by atoms with Gasteiger partial charge in [0.2, 0.25) is 0 Å². The smallest absolute Gasteiger partial charge is 0.355 e. The molecular weight excluding hydrogens is 266 g/mol. The number of carbonyl (C=O) groups excluding carboxylic acids is 2. The fourth-order valence-electron chi connectivity index (χ4n) is 4.22. The predicted molar refractivity (Wildman–Crippen MR) is 79.2 cm³/mol. The Hall–Kier alpha value is -1.58. The molecule has 0 aliphatic heterocycles. The Balaban J connectivity index is 1.75. The Labute approximate surface area is 125 Å². The lowest BCUT2D eigenvalue weighted by Gasteiger charge is -2.38. The maximum absolute atomic E-state index is 12.3. The molecule has 3 unspecified atom stereocenters. The van der Waals surface area contributed by atoms with Crippen molar-refractivity contribution in [2.24, 2.45) is 16.7 Å². The van der Waals surface area contributed by atoms with E-state index in [1.165, 1.54) is 13.3 Å². The molecule has 1 heterocycles. The molecule has 1 aromatic rings. The quantitative estimate of drug-likeness (QED) is 0.683. The van der Waals surface area contributed by atoms with Crippen LogP contribution in [0, 0.1) is 16.7 Å². The molecule has 0 aromatic carbocycles. The van der Waals surface area contributed by atoms with Gasteiger partial charge in [-0.25, -0.2) is 4.79 Å². The maximum atomic E-state index is 12.3. The topological polar surface area (TPSA) is 59.2 Å². The van der Waals surface area contributed by atoms with Crippen LogP contribution in [0.4, 0.5) is 0 Å². The number of Topliss-reactive ketones (excluding diaryl/α,β-unsaturated/α-hetero) is 1. The molecule has 2 aliphatic rings. The summed E-state index contributed by atoms with van der Waals surface area (Å²) in [6.45, 7) is 8.31. The normalized spacial score (nSPS) is 33.1. The van der Waals surface area contributed by atoms with E-state index in [0.717, 1.165) is 12.8 Å². The van der Waals surface area contributed by atoms with Crippen LogP contribution in [0.1, 0.15) is 67.8 Å². The minimum absolute atomic E-state index is 0.0252. The van der Waals surface area contributed by atoms with Crippen molar-refractivity contribution in [3.05, 3.63) is 23.5 Å². The Morgan fingerprint density at radius 3 is 2.52 bits per heavy atom. The summed E-state index contributed by atoms with van der Waals surface area (Å²) < 4.78 is 5.78. The van der Waals surface area contributed by atoms with E-state index in [2.05, 4.69) is 25.8 Å². The molecule has 4 nitrogen and oxygen atoms in total. The van der Waals surface area contributed by atoms with Crippen LogP contribution in [-0.4, -0.2) is 22.8 Å². The first-order valence-corrected chi connectivity index (χ1v) is 7.66. The van der Waals surface area contributed by atoms with Crippen molar-refractivity contribution >= 4 is 11.8 Å². The number of aromatic nitrogens is 1. The van der Waals surface area contributed by atoms with Crippen molar-refractivity contribution in [3.8, 4) is 0 Å². The fraction of sp³-hybridized carbons (Fsp3) is 0.647. The molecule has 2 fully saturated rings. The van der Waals surface area contributed by atoms with E-state index in [-0.39, 0.29) is 28.7 Å². The first-order valence-electron chi connectivity index (χ1n) is 7.66. The van der Waals surface area contributed by atoms with Gasteiger partial charge >= 0.3 is 5.97 Å². The van der Waals surface area contributed by atoms with Gasteiger partial charge in [0.15, 0.2) is 5.78 Å². The lowest BCUT2D eigenvalue weighted by molar-refractivity contribution is -0.0246. The highest BCUT2D eigenvalue weighted by atomic mass is 16.5. The number of carbonyl (C=O) groups is 2. The number of ketones is 1. The third-order valence-electron chi connectivity index (χ3n) is 6.27. The van der Waals surface area contributed by atoms with Gasteiger partial charge < -0.3 is 9.72 Å². The molecule has 3 rings (SSSR count). The molecule has 0 radical (unpaired) electrons. The summed E-state index contributed by atoms with van der Waals surface area (Å²) in [5.74, 6) is 0.229. The fourth-order valence-corrected chi connectivity index (χ4v) is 4.22. The van der Waals surface area contributed by atoms with Crippen LogP contribution in [0.25, 0.3) is 0 Å². The number of hydrogen-bond acceptors (Lipinski definition) is 3. The van der Waals surface area contributed by atoms with Crippen LogP contribution in [0.5, 0.6) is 0 Å². The molecule has 2 aliphatic carbocycles. The van der Waals surface area contributed by atoms with Crippen LogP contribution in [0.3, 0.4) is 0 Å². The third-order valence-corrected chi connectivity index (χ3v) is 6.27. The number of ether oxygens (including phenoxy) is 1. The van der Waals surface area contributed by atoms with Gasteiger partial charge in [0.05, 0.1) is 0 Å². The monoisotopic (exact) mass is 289 g/mol. The third kappa shape index (κ3) is 1.95. The minimum Gasteiger partial charge on any atom is -0.457 e. The number of hydrogen-bond donors (Lipinski definition) is 1. The molecule has 1 N–H and O–H groups in total. The summed E-state index contributed by atoms with van der Waals surface area (Å²) in [4.78, 5) is 26.4. The second-order valence-corrected chi connectivity index (χ2v) is 7.36. The van der Waals surface area contributed by atoms with Crippen molar-refractivity contribution in [3.63, 3.8) is 0 Å². The number of nitrogens with one attached hydrogen (secondary N) is 1. The van der Waals surface area contributed by atoms with E-state index in [1.807, 2.05) is 0 Å². The van der Waals surface area contributed by atoms with E-state index in [9.17, 15) is 9.59 Å². The number of rotatable bonds is 3. The zero-order valence-corrected chi connectivity index (χ0v) is 13.2. The number of H-pyrrole nitrogens is 1. The summed E-state index contributed by atoms with van der Waals surface area (Å²) >= 11 is 0. The Bertz CT molecular complexity index is 601. The second-order valence-electron chi connectivity index (χ2n) is 7.36. The molecular formula is C17H23NO3. The molecule has 4 heteroatoms. The van der Waals surface area contributed by atoms with Gasteiger partial charge in [0.1, 0.15) is 11.8 Å². The molecule has 3 atom stereocenters. The van der Waals surface area contributed by atoms with E-state index < -0.39 is 0 Å². The average Bonchev–Trinajstić information content (AvgIpc) is 3.02. The average molecular weight is 289 g/mol.